The lowest BCUT2D eigenvalue weighted by Crippen LogP contribution is -2.38. The molecule has 1 heterocycles. The number of nitrogens with one attached hydrogen (secondary N) is 1. The normalized spacial score (nSPS) is 12.2. The Morgan fingerprint density at radius 1 is 1.32 bits per heavy atom. The van der Waals surface area contributed by atoms with Crippen molar-refractivity contribution in [3.8, 4) is 11.5 Å². The zero-order chi connectivity index (χ0) is 18.4. The zero-order valence-electron chi connectivity index (χ0n) is 14.4. The van der Waals surface area contributed by atoms with Gasteiger partial charge in [0, 0.05) is 24.2 Å². The van der Waals surface area contributed by atoms with Crippen LogP contribution < -0.4 is 5.32 Å². The number of nitrogens with zero attached hydrogens (tertiary/aromatic N) is 4. The summed E-state index contributed by atoms with van der Waals surface area (Å²) in [4.78, 5) is 23.9. The average Bonchev–Trinajstić information content (AvgIpc) is 3.09. The number of hydrogen-bond acceptors (Lipinski definition) is 7. The molecule has 0 spiro atoms. The summed E-state index contributed by atoms with van der Waals surface area (Å²) in [5.41, 5.74) is 0.597. The molecule has 0 aliphatic rings. The third-order valence-corrected chi connectivity index (χ3v) is 3.80. The summed E-state index contributed by atoms with van der Waals surface area (Å²) in [6, 6.07) is 5.66. The maximum atomic E-state index is 11.8. The van der Waals surface area contributed by atoms with E-state index in [0.29, 0.717) is 24.5 Å². The Balaban J connectivity index is 2.13. The average molecular weight is 347 g/mol. The molecule has 0 radical (unpaired) electrons. The topological polar surface area (TPSA) is 114 Å². The number of hydrogen-bond donors (Lipinski definition) is 1. The predicted octanol–water partition coefficient (Wildman–Crippen LogP) is 2.16. The molecule has 2 aromatic rings. The van der Waals surface area contributed by atoms with Crippen molar-refractivity contribution in [3.05, 3.63) is 40.3 Å². The lowest BCUT2D eigenvalue weighted by Gasteiger charge is -2.24. The molecule has 9 heteroatoms. The van der Waals surface area contributed by atoms with Gasteiger partial charge in [-0.2, -0.15) is 0 Å². The summed E-state index contributed by atoms with van der Waals surface area (Å²) in [6.07, 6.45) is 0. The molecule has 1 aromatic heterocycles. The zero-order valence-corrected chi connectivity index (χ0v) is 14.4. The molecule has 9 nitrogen and oxygen atoms in total. The van der Waals surface area contributed by atoms with E-state index in [1.807, 2.05) is 25.7 Å². The minimum Gasteiger partial charge on any atom is -0.419 e. The van der Waals surface area contributed by atoms with E-state index in [2.05, 4.69) is 15.5 Å². The minimum absolute atomic E-state index is 0.00375. The Kier molecular flexibility index (Phi) is 6.18. The van der Waals surface area contributed by atoms with E-state index in [9.17, 15) is 14.9 Å². The summed E-state index contributed by atoms with van der Waals surface area (Å²) in [5, 5.41) is 21.5. The number of carbonyl (C=O) groups is 1. The second-order valence-corrected chi connectivity index (χ2v) is 5.44. The lowest BCUT2D eigenvalue weighted by atomic mass is 10.2. The highest BCUT2D eigenvalue weighted by Gasteiger charge is 2.22. The van der Waals surface area contributed by atoms with E-state index in [1.54, 1.807) is 12.1 Å². The molecule has 1 N–H and O–H groups in total. The van der Waals surface area contributed by atoms with E-state index in [0.717, 1.165) is 0 Å². The highest BCUT2D eigenvalue weighted by Crippen LogP contribution is 2.25. The Morgan fingerprint density at radius 2 is 2.00 bits per heavy atom. The summed E-state index contributed by atoms with van der Waals surface area (Å²) >= 11 is 0. The quantitative estimate of drug-likeness (QED) is 0.575. The molecular weight excluding hydrogens is 326 g/mol. The van der Waals surface area contributed by atoms with Gasteiger partial charge in [-0.15, -0.1) is 10.2 Å². The van der Waals surface area contributed by atoms with E-state index in [-0.39, 0.29) is 30.1 Å². The first kappa shape index (κ1) is 18.5. The van der Waals surface area contributed by atoms with Crippen LogP contribution in [0.1, 0.15) is 32.7 Å². The number of nitro groups is 1. The number of likely N-dealkylation sites (N-methyl/N-ethyl adjacent to an activating group) is 2. The Labute approximate surface area is 145 Å². The fraction of sp³-hybridized carbons (Fsp3) is 0.438. The molecule has 134 valence electrons. The number of aromatic nitrogens is 2. The van der Waals surface area contributed by atoms with Crippen LogP contribution in [-0.4, -0.2) is 45.6 Å². The van der Waals surface area contributed by atoms with Gasteiger partial charge in [-0.3, -0.25) is 19.8 Å². The minimum atomic E-state index is -0.467. The largest absolute Gasteiger partial charge is 0.419 e. The van der Waals surface area contributed by atoms with Crippen LogP contribution in [0, 0.1) is 10.1 Å². The van der Waals surface area contributed by atoms with Crippen molar-refractivity contribution in [3.63, 3.8) is 0 Å². The van der Waals surface area contributed by atoms with Gasteiger partial charge in [-0.1, -0.05) is 6.92 Å². The molecule has 0 saturated carbocycles. The van der Waals surface area contributed by atoms with Crippen LogP contribution in [0.15, 0.2) is 28.7 Å². The molecule has 0 saturated heterocycles. The molecule has 0 aliphatic heterocycles. The summed E-state index contributed by atoms with van der Waals surface area (Å²) < 4.78 is 5.69. The number of non-ortho nitro benzene ring substituents is 1. The van der Waals surface area contributed by atoms with E-state index >= 15 is 0 Å². The van der Waals surface area contributed by atoms with Crippen molar-refractivity contribution in [2.45, 2.75) is 26.8 Å². The van der Waals surface area contributed by atoms with Gasteiger partial charge in [0.25, 0.3) is 5.69 Å². The van der Waals surface area contributed by atoms with E-state index < -0.39 is 4.92 Å². The van der Waals surface area contributed by atoms with Gasteiger partial charge in [0.2, 0.25) is 17.7 Å². The summed E-state index contributed by atoms with van der Waals surface area (Å²) in [7, 11) is 0. The van der Waals surface area contributed by atoms with E-state index in [1.165, 1.54) is 12.1 Å². The predicted molar refractivity (Wildman–Crippen MR) is 90.7 cm³/mol. The van der Waals surface area contributed by atoms with Crippen molar-refractivity contribution in [1.82, 2.24) is 20.4 Å². The van der Waals surface area contributed by atoms with Crippen LogP contribution >= 0.6 is 0 Å². The molecule has 0 fully saturated rings. The molecule has 0 unspecified atom stereocenters. The molecule has 1 amide bonds. The second-order valence-electron chi connectivity index (χ2n) is 5.44. The van der Waals surface area contributed by atoms with Crippen LogP contribution in [0.25, 0.3) is 11.5 Å². The van der Waals surface area contributed by atoms with Crippen molar-refractivity contribution in [1.29, 1.82) is 0 Å². The number of benzene rings is 1. The molecule has 0 aliphatic carbocycles. The fourth-order valence-electron chi connectivity index (χ4n) is 2.36. The number of amides is 1. The molecular formula is C16H21N5O4. The monoisotopic (exact) mass is 347 g/mol. The van der Waals surface area contributed by atoms with Crippen molar-refractivity contribution in [2.24, 2.45) is 0 Å². The highest BCUT2D eigenvalue weighted by atomic mass is 16.6. The third-order valence-electron chi connectivity index (χ3n) is 3.80. The van der Waals surface area contributed by atoms with E-state index in [4.69, 9.17) is 4.42 Å². The summed E-state index contributed by atoms with van der Waals surface area (Å²) in [6.45, 7) is 7.16. The van der Waals surface area contributed by atoms with Crippen molar-refractivity contribution < 1.29 is 14.1 Å². The standard InChI is InChI=1S/C16H21N5O4/c1-4-17-14(22)10-20(5-2)11(3)15-18-19-16(25-15)12-6-8-13(9-7-12)21(23)24/h6-9,11H,4-5,10H2,1-3H3,(H,17,22)/t11-/m0/s1. The third kappa shape index (κ3) is 4.60. The van der Waals surface area contributed by atoms with Gasteiger partial charge in [-0.05, 0) is 32.5 Å². The van der Waals surface area contributed by atoms with Gasteiger partial charge >= 0.3 is 0 Å². The van der Waals surface area contributed by atoms with Crippen LogP contribution in [-0.2, 0) is 4.79 Å². The van der Waals surface area contributed by atoms with Crippen molar-refractivity contribution >= 4 is 11.6 Å². The van der Waals surface area contributed by atoms with Crippen LogP contribution in [0.5, 0.6) is 0 Å². The van der Waals surface area contributed by atoms with Gasteiger partial charge in [-0.25, -0.2) is 0 Å². The molecule has 2 rings (SSSR count). The Bertz CT molecular complexity index is 728. The summed E-state index contributed by atoms with van der Waals surface area (Å²) in [5.74, 6) is 0.608. The first-order valence-electron chi connectivity index (χ1n) is 8.05. The maximum Gasteiger partial charge on any atom is 0.269 e. The Hall–Kier alpha value is -2.81. The first-order chi connectivity index (χ1) is 12.0. The van der Waals surface area contributed by atoms with Crippen LogP contribution in [0.3, 0.4) is 0 Å². The fourth-order valence-corrected chi connectivity index (χ4v) is 2.36. The highest BCUT2D eigenvalue weighted by molar-refractivity contribution is 5.77. The number of nitro benzene ring substituents is 1. The Morgan fingerprint density at radius 3 is 2.56 bits per heavy atom. The van der Waals surface area contributed by atoms with Gasteiger partial charge in [0.15, 0.2) is 0 Å². The van der Waals surface area contributed by atoms with Crippen LogP contribution in [0.2, 0.25) is 0 Å². The molecule has 1 atom stereocenters. The van der Waals surface area contributed by atoms with Gasteiger partial charge in [0.05, 0.1) is 17.5 Å². The molecule has 0 bridgehead atoms. The number of rotatable bonds is 8. The van der Waals surface area contributed by atoms with Crippen LogP contribution in [0.4, 0.5) is 5.69 Å². The second kappa shape index (κ2) is 8.34. The molecule has 25 heavy (non-hydrogen) atoms. The maximum absolute atomic E-state index is 11.8. The van der Waals surface area contributed by atoms with Gasteiger partial charge in [0.1, 0.15) is 0 Å². The smallest absolute Gasteiger partial charge is 0.269 e. The number of carbonyl (C=O) groups excluding carboxylic acids is 1. The lowest BCUT2D eigenvalue weighted by molar-refractivity contribution is -0.384. The van der Waals surface area contributed by atoms with Gasteiger partial charge < -0.3 is 9.73 Å². The van der Waals surface area contributed by atoms with Crippen molar-refractivity contribution in [2.75, 3.05) is 19.6 Å². The SMILES string of the molecule is CCNC(=O)CN(CC)[C@@H](C)c1nnc(-c2ccc([N+](=O)[O-])cc2)o1. The molecule has 1 aromatic carbocycles. The first-order valence-corrected chi connectivity index (χ1v) is 8.05.